The summed E-state index contributed by atoms with van der Waals surface area (Å²) < 4.78 is 8.03. The van der Waals surface area contributed by atoms with Crippen LogP contribution in [0.3, 0.4) is 0 Å². The van der Waals surface area contributed by atoms with Crippen LogP contribution in [0.1, 0.15) is 69.4 Å². The number of nitrogens with zero attached hydrogens (tertiary/aromatic N) is 2. The monoisotopic (exact) mass is 279 g/mol. The first-order valence-electron chi connectivity index (χ1n) is 8.16. The van der Waals surface area contributed by atoms with Gasteiger partial charge in [0, 0.05) is 23.9 Å². The number of nitrogens with two attached hydrogens (primary N) is 1. The molecule has 114 valence electrons. The molecule has 1 saturated heterocycles. The van der Waals surface area contributed by atoms with Crippen LogP contribution >= 0.6 is 0 Å². The molecule has 0 aromatic carbocycles. The average molecular weight is 279 g/mol. The highest BCUT2D eigenvalue weighted by molar-refractivity contribution is 5.30. The Morgan fingerprint density at radius 1 is 1.30 bits per heavy atom. The van der Waals surface area contributed by atoms with Crippen molar-refractivity contribution in [2.24, 2.45) is 5.73 Å². The van der Waals surface area contributed by atoms with Crippen LogP contribution in [0.5, 0.6) is 0 Å². The second-order valence-corrected chi connectivity index (χ2v) is 5.70. The maximum Gasteiger partial charge on any atom is 0.0771 e. The number of hydrogen-bond acceptors (Lipinski definition) is 3. The summed E-state index contributed by atoms with van der Waals surface area (Å²) in [6.45, 7) is 8.28. The summed E-state index contributed by atoms with van der Waals surface area (Å²) in [6.07, 6.45) is 6.85. The minimum absolute atomic E-state index is 0.112. The van der Waals surface area contributed by atoms with Gasteiger partial charge in [0.1, 0.15) is 0 Å². The van der Waals surface area contributed by atoms with Gasteiger partial charge in [-0.1, -0.05) is 20.8 Å². The molecule has 2 N–H and O–H groups in total. The van der Waals surface area contributed by atoms with E-state index in [0.717, 1.165) is 38.8 Å². The van der Waals surface area contributed by atoms with Gasteiger partial charge in [0.2, 0.25) is 0 Å². The van der Waals surface area contributed by atoms with E-state index in [1.165, 1.54) is 29.8 Å². The average Bonchev–Trinajstić information content (AvgIpc) is 2.85. The standard InChI is InChI=1S/C16H29N3O/c1-4-13(17)16-14(5-2)18-19(15(16)6-3)11-12-9-7-8-10-20-12/h12-13H,4-11,17H2,1-3H3. The molecule has 0 aliphatic carbocycles. The fourth-order valence-electron chi connectivity index (χ4n) is 3.13. The third-order valence-corrected chi connectivity index (χ3v) is 4.31. The van der Waals surface area contributed by atoms with Crippen LogP contribution in [0, 0.1) is 0 Å². The number of aromatic nitrogens is 2. The van der Waals surface area contributed by atoms with Crippen molar-refractivity contribution in [1.82, 2.24) is 9.78 Å². The summed E-state index contributed by atoms with van der Waals surface area (Å²) in [4.78, 5) is 0. The fourth-order valence-corrected chi connectivity index (χ4v) is 3.13. The van der Waals surface area contributed by atoms with Gasteiger partial charge in [-0.2, -0.15) is 5.10 Å². The lowest BCUT2D eigenvalue weighted by molar-refractivity contribution is 0.00347. The molecule has 4 nitrogen and oxygen atoms in total. The summed E-state index contributed by atoms with van der Waals surface area (Å²) >= 11 is 0. The molecule has 1 aromatic heterocycles. The Morgan fingerprint density at radius 3 is 2.65 bits per heavy atom. The number of ether oxygens (including phenoxy) is 1. The zero-order valence-electron chi connectivity index (χ0n) is 13.2. The fraction of sp³-hybridized carbons (Fsp3) is 0.812. The minimum Gasteiger partial charge on any atom is -0.376 e. The van der Waals surface area contributed by atoms with Crippen LogP contribution in [-0.4, -0.2) is 22.5 Å². The predicted octanol–water partition coefficient (Wildman–Crippen LogP) is 2.99. The Kier molecular flexibility index (Phi) is 5.61. The van der Waals surface area contributed by atoms with E-state index in [4.69, 9.17) is 15.6 Å². The van der Waals surface area contributed by atoms with Gasteiger partial charge in [-0.15, -0.1) is 0 Å². The Morgan fingerprint density at radius 2 is 2.10 bits per heavy atom. The zero-order valence-corrected chi connectivity index (χ0v) is 13.2. The summed E-state index contributed by atoms with van der Waals surface area (Å²) in [5.74, 6) is 0. The smallest absolute Gasteiger partial charge is 0.0771 e. The third-order valence-electron chi connectivity index (χ3n) is 4.31. The second-order valence-electron chi connectivity index (χ2n) is 5.70. The molecule has 0 bridgehead atoms. The summed E-state index contributed by atoms with van der Waals surface area (Å²) in [5.41, 5.74) is 10.1. The van der Waals surface area contributed by atoms with Crippen molar-refractivity contribution in [3.05, 3.63) is 17.0 Å². The lowest BCUT2D eigenvalue weighted by atomic mass is 10.00. The lowest BCUT2D eigenvalue weighted by Gasteiger charge is -2.23. The molecule has 2 rings (SSSR count). The van der Waals surface area contributed by atoms with Crippen LogP contribution < -0.4 is 5.73 Å². The summed E-state index contributed by atoms with van der Waals surface area (Å²) in [7, 11) is 0. The van der Waals surface area contributed by atoms with Crippen LogP contribution in [0.15, 0.2) is 0 Å². The molecule has 1 aromatic rings. The molecule has 2 unspecified atom stereocenters. The summed E-state index contributed by atoms with van der Waals surface area (Å²) in [6, 6.07) is 0.112. The van der Waals surface area contributed by atoms with E-state index in [1.807, 2.05) is 0 Å². The topological polar surface area (TPSA) is 53.1 Å². The first-order chi connectivity index (χ1) is 9.71. The Labute approximate surface area is 122 Å². The normalized spacial score (nSPS) is 21.1. The molecular weight excluding hydrogens is 250 g/mol. The van der Waals surface area contributed by atoms with Crippen molar-refractivity contribution in [2.45, 2.75) is 78.0 Å². The first kappa shape index (κ1) is 15.5. The largest absolute Gasteiger partial charge is 0.376 e. The minimum atomic E-state index is 0.112. The van der Waals surface area contributed by atoms with Gasteiger partial charge in [0.05, 0.1) is 18.3 Å². The molecule has 1 aliphatic heterocycles. The van der Waals surface area contributed by atoms with Gasteiger partial charge < -0.3 is 10.5 Å². The molecule has 4 heteroatoms. The van der Waals surface area contributed by atoms with Gasteiger partial charge in [-0.25, -0.2) is 0 Å². The Balaban J connectivity index is 2.25. The molecule has 1 aliphatic rings. The van der Waals surface area contributed by atoms with Crippen LogP contribution in [0.4, 0.5) is 0 Å². The predicted molar refractivity (Wildman–Crippen MR) is 81.8 cm³/mol. The maximum atomic E-state index is 6.31. The van der Waals surface area contributed by atoms with Gasteiger partial charge in [0.25, 0.3) is 0 Å². The van der Waals surface area contributed by atoms with E-state index in [9.17, 15) is 0 Å². The first-order valence-corrected chi connectivity index (χ1v) is 8.16. The molecule has 1 fully saturated rings. The Bertz CT molecular complexity index is 422. The van der Waals surface area contributed by atoms with Crippen molar-refractivity contribution < 1.29 is 4.74 Å². The number of aryl methyl sites for hydroxylation is 1. The maximum absolute atomic E-state index is 6.31. The highest BCUT2D eigenvalue weighted by atomic mass is 16.5. The van der Waals surface area contributed by atoms with E-state index in [1.54, 1.807) is 0 Å². The van der Waals surface area contributed by atoms with Gasteiger partial charge in [-0.05, 0) is 38.5 Å². The molecule has 20 heavy (non-hydrogen) atoms. The quantitative estimate of drug-likeness (QED) is 0.871. The van der Waals surface area contributed by atoms with Crippen molar-refractivity contribution in [3.8, 4) is 0 Å². The number of hydrogen-bond donors (Lipinski definition) is 1. The SMILES string of the molecule is CCc1nn(CC2CCCCO2)c(CC)c1C(N)CC. The van der Waals surface area contributed by atoms with E-state index >= 15 is 0 Å². The number of rotatable bonds is 6. The molecule has 2 atom stereocenters. The van der Waals surface area contributed by atoms with Crippen molar-refractivity contribution >= 4 is 0 Å². The summed E-state index contributed by atoms with van der Waals surface area (Å²) in [5, 5.41) is 4.82. The highest BCUT2D eigenvalue weighted by Crippen LogP contribution is 2.25. The molecule has 0 saturated carbocycles. The molecule has 0 spiro atoms. The van der Waals surface area contributed by atoms with Crippen molar-refractivity contribution in [1.29, 1.82) is 0 Å². The van der Waals surface area contributed by atoms with Gasteiger partial charge >= 0.3 is 0 Å². The van der Waals surface area contributed by atoms with E-state index in [2.05, 4.69) is 25.5 Å². The van der Waals surface area contributed by atoms with Gasteiger partial charge in [0.15, 0.2) is 0 Å². The highest BCUT2D eigenvalue weighted by Gasteiger charge is 2.22. The second kappa shape index (κ2) is 7.23. The van der Waals surface area contributed by atoms with Crippen LogP contribution in [-0.2, 0) is 24.1 Å². The molecule has 0 amide bonds. The van der Waals surface area contributed by atoms with Crippen molar-refractivity contribution in [3.63, 3.8) is 0 Å². The van der Waals surface area contributed by atoms with Crippen LogP contribution in [0.25, 0.3) is 0 Å². The van der Waals surface area contributed by atoms with Crippen LogP contribution in [0.2, 0.25) is 0 Å². The van der Waals surface area contributed by atoms with Crippen molar-refractivity contribution in [2.75, 3.05) is 6.61 Å². The zero-order chi connectivity index (χ0) is 14.5. The molecule has 0 radical (unpaired) electrons. The van der Waals surface area contributed by atoms with E-state index in [0.29, 0.717) is 6.10 Å². The Hall–Kier alpha value is -0.870. The molecule has 2 heterocycles. The lowest BCUT2D eigenvalue weighted by Crippen LogP contribution is -2.26. The van der Waals surface area contributed by atoms with E-state index < -0.39 is 0 Å². The third kappa shape index (κ3) is 3.23. The molecular formula is C16H29N3O. The van der Waals surface area contributed by atoms with Gasteiger partial charge in [-0.3, -0.25) is 4.68 Å². The van der Waals surface area contributed by atoms with E-state index in [-0.39, 0.29) is 6.04 Å².